The van der Waals surface area contributed by atoms with E-state index in [1.807, 2.05) is 6.07 Å². The minimum absolute atomic E-state index is 0.0286. The van der Waals surface area contributed by atoms with Gasteiger partial charge in [0.25, 0.3) is 11.1 Å². The van der Waals surface area contributed by atoms with Gasteiger partial charge < -0.3 is 14.5 Å². The summed E-state index contributed by atoms with van der Waals surface area (Å²) >= 11 is 0. The maximum Gasteiger partial charge on any atom is 0.266 e. The average molecular weight is 340 g/mol. The summed E-state index contributed by atoms with van der Waals surface area (Å²) in [6.45, 7) is 0.621. The van der Waals surface area contributed by atoms with Gasteiger partial charge in [0, 0.05) is 18.3 Å². The lowest BCUT2D eigenvalue weighted by Gasteiger charge is -2.40. The van der Waals surface area contributed by atoms with E-state index in [-0.39, 0.29) is 16.7 Å². The summed E-state index contributed by atoms with van der Waals surface area (Å²) in [6.07, 6.45) is 8.73. The molecule has 0 aliphatic heterocycles. The van der Waals surface area contributed by atoms with E-state index in [1.54, 1.807) is 16.8 Å². The Morgan fingerprint density at radius 1 is 1.24 bits per heavy atom. The van der Waals surface area contributed by atoms with Crippen LogP contribution in [0.2, 0.25) is 0 Å². The van der Waals surface area contributed by atoms with Crippen molar-refractivity contribution in [3.05, 3.63) is 44.6 Å². The van der Waals surface area contributed by atoms with Crippen molar-refractivity contribution in [2.45, 2.75) is 50.6 Å². The van der Waals surface area contributed by atoms with Crippen molar-refractivity contribution in [1.29, 1.82) is 5.26 Å². The lowest BCUT2D eigenvalue weighted by atomic mass is 9.88. The molecule has 0 radical (unpaired) electrons. The van der Waals surface area contributed by atoms with Crippen molar-refractivity contribution < 1.29 is 0 Å². The summed E-state index contributed by atoms with van der Waals surface area (Å²) < 4.78 is 1.73. The van der Waals surface area contributed by atoms with Crippen LogP contribution >= 0.6 is 0 Å². The first-order valence-corrected chi connectivity index (χ1v) is 8.81. The number of aromatic amines is 1. The average Bonchev–Trinajstić information content (AvgIpc) is 2.84. The van der Waals surface area contributed by atoms with E-state index in [4.69, 9.17) is 5.26 Å². The maximum atomic E-state index is 12.9. The van der Waals surface area contributed by atoms with Gasteiger partial charge in [-0.25, -0.2) is 0 Å². The van der Waals surface area contributed by atoms with Crippen LogP contribution in [0.1, 0.15) is 44.1 Å². The van der Waals surface area contributed by atoms with E-state index in [1.165, 1.54) is 31.7 Å². The Balaban J connectivity index is 2.07. The summed E-state index contributed by atoms with van der Waals surface area (Å²) in [5, 5.41) is 9.45. The lowest BCUT2D eigenvalue weighted by molar-refractivity contribution is 0.106. The van der Waals surface area contributed by atoms with Crippen LogP contribution < -0.4 is 11.1 Å². The van der Waals surface area contributed by atoms with Crippen molar-refractivity contribution >= 4 is 10.9 Å². The third-order valence-corrected chi connectivity index (χ3v) is 5.55. The van der Waals surface area contributed by atoms with Crippen molar-refractivity contribution in [3.8, 4) is 6.07 Å². The number of pyridine rings is 2. The molecule has 25 heavy (non-hydrogen) atoms. The molecule has 0 unspecified atom stereocenters. The van der Waals surface area contributed by atoms with Crippen LogP contribution in [0, 0.1) is 11.3 Å². The quantitative estimate of drug-likeness (QED) is 0.869. The van der Waals surface area contributed by atoms with E-state index in [9.17, 15) is 9.59 Å². The minimum Gasteiger partial charge on any atom is -0.321 e. The van der Waals surface area contributed by atoms with Crippen molar-refractivity contribution in [2.24, 2.45) is 0 Å². The molecular weight excluding hydrogens is 316 g/mol. The summed E-state index contributed by atoms with van der Waals surface area (Å²) in [7, 11) is 4.17. The highest BCUT2D eigenvalue weighted by Crippen LogP contribution is 2.32. The number of hydrogen-bond donors (Lipinski definition) is 1. The van der Waals surface area contributed by atoms with Gasteiger partial charge in [-0.05, 0) is 39.1 Å². The molecule has 6 nitrogen and oxygen atoms in total. The van der Waals surface area contributed by atoms with E-state index in [0.29, 0.717) is 17.4 Å². The lowest BCUT2D eigenvalue weighted by Crippen LogP contribution is -2.49. The molecule has 1 fully saturated rings. The fourth-order valence-electron chi connectivity index (χ4n) is 3.90. The van der Waals surface area contributed by atoms with E-state index in [0.717, 1.165) is 12.8 Å². The number of nitrogens with one attached hydrogen (secondary N) is 1. The second-order valence-electron chi connectivity index (χ2n) is 7.23. The molecule has 1 aliphatic carbocycles. The Labute approximate surface area is 146 Å². The predicted octanol–water partition coefficient (Wildman–Crippen LogP) is 2.22. The number of nitrogens with zero attached hydrogens (tertiary/aromatic N) is 3. The second-order valence-corrected chi connectivity index (χ2v) is 7.23. The van der Waals surface area contributed by atoms with Crippen LogP contribution in [0.15, 0.2) is 27.9 Å². The van der Waals surface area contributed by atoms with E-state index < -0.39 is 5.56 Å². The molecule has 1 N–H and O–H groups in total. The molecule has 2 heterocycles. The number of nitriles is 1. The number of hydrogen-bond acceptors (Lipinski definition) is 4. The SMILES string of the molecule is CN(C)C1(Cn2ccc3[nH]c(=O)c(C#N)cc3c2=O)CCCCCC1. The van der Waals surface area contributed by atoms with Gasteiger partial charge in [-0.3, -0.25) is 9.59 Å². The number of aromatic nitrogens is 2. The molecule has 0 spiro atoms. The van der Waals surface area contributed by atoms with Gasteiger partial charge in [0.15, 0.2) is 0 Å². The highest BCUT2D eigenvalue weighted by atomic mass is 16.1. The Morgan fingerprint density at radius 3 is 2.52 bits per heavy atom. The molecule has 3 rings (SSSR count). The third kappa shape index (κ3) is 3.24. The molecule has 132 valence electrons. The predicted molar refractivity (Wildman–Crippen MR) is 97.7 cm³/mol. The van der Waals surface area contributed by atoms with Crippen LogP contribution in [0.5, 0.6) is 0 Å². The highest BCUT2D eigenvalue weighted by Gasteiger charge is 2.33. The molecular formula is C19H24N4O2. The fraction of sp³-hybridized carbons (Fsp3) is 0.526. The zero-order valence-corrected chi connectivity index (χ0v) is 14.8. The maximum absolute atomic E-state index is 12.9. The van der Waals surface area contributed by atoms with Gasteiger partial charge in [-0.15, -0.1) is 0 Å². The molecule has 6 heteroatoms. The van der Waals surface area contributed by atoms with Gasteiger partial charge in [0.05, 0.1) is 10.9 Å². The summed E-state index contributed by atoms with van der Waals surface area (Å²) in [5.41, 5.74) is -0.200. The van der Waals surface area contributed by atoms with E-state index >= 15 is 0 Å². The van der Waals surface area contributed by atoms with Crippen LogP contribution in [0.25, 0.3) is 10.9 Å². The largest absolute Gasteiger partial charge is 0.321 e. The molecule has 2 aromatic heterocycles. The first kappa shape index (κ1) is 17.4. The molecule has 0 amide bonds. The first-order chi connectivity index (χ1) is 12.0. The van der Waals surface area contributed by atoms with Gasteiger partial charge in [0.1, 0.15) is 11.6 Å². The Hall–Kier alpha value is -2.39. The van der Waals surface area contributed by atoms with Crippen LogP contribution in [0.3, 0.4) is 0 Å². The molecule has 0 aromatic carbocycles. The Kier molecular flexibility index (Phi) is 4.78. The Morgan fingerprint density at radius 2 is 1.92 bits per heavy atom. The van der Waals surface area contributed by atoms with Crippen molar-refractivity contribution in [3.63, 3.8) is 0 Å². The summed E-state index contributed by atoms with van der Waals surface area (Å²) in [6, 6.07) is 5.00. The van der Waals surface area contributed by atoms with Gasteiger partial charge in [-0.2, -0.15) is 5.26 Å². The molecule has 0 atom stereocenters. The zero-order chi connectivity index (χ0) is 18.0. The van der Waals surface area contributed by atoms with E-state index in [2.05, 4.69) is 24.0 Å². The molecule has 1 aliphatic rings. The number of H-pyrrole nitrogens is 1. The van der Waals surface area contributed by atoms with Crippen LogP contribution in [-0.2, 0) is 6.54 Å². The first-order valence-electron chi connectivity index (χ1n) is 8.81. The molecule has 2 aromatic rings. The second kappa shape index (κ2) is 6.85. The summed E-state index contributed by atoms with van der Waals surface area (Å²) in [5.74, 6) is 0. The number of fused-ring (bicyclic) bond motifs is 1. The van der Waals surface area contributed by atoms with Gasteiger partial charge in [-0.1, -0.05) is 25.7 Å². The number of rotatable bonds is 3. The van der Waals surface area contributed by atoms with Crippen LogP contribution in [-0.4, -0.2) is 34.1 Å². The normalized spacial score (nSPS) is 17.4. The zero-order valence-electron chi connectivity index (χ0n) is 14.8. The standard InChI is InChI=1S/C19H24N4O2/c1-22(2)19(8-5-3-4-6-9-19)13-23-10-7-16-15(18(23)25)11-14(12-20)17(24)21-16/h7,10-11H,3-6,8-9,13H2,1-2H3,(H,21,24). The fourth-order valence-corrected chi connectivity index (χ4v) is 3.90. The van der Waals surface area contributed by atoms with Crippen LogP contribution in [0.4, 0.5) is 0 Å². The number of likely N-dealkylation sites (N-methyl/N-ethyl adjacent to an activating group) is 1. The minimum atomic E-state index is -0.458. The highest BCUT2D eigenvalue weighted by molar-refractivity contribution is 5.78. The van der Waals surface area contributed by atoms with Crippen molar-refractivity contribution in [2.75, 3.05) is 14.1 Å². The monoisotopic (exact) mass is 340 g/mol. The van der Waals surface area contributed by atoms with Crippen molar-refractivity contribution in [1.82, 2.24) is 14.5 Å². The molecule has 0 saturated heterocycles. The van der Waals surface area contributed by atoms with Gasteiger partial charge >= 0.3 is 0 Å². The molecule has 0 bridgehead atoms. The summed E-state index contributed by atoms with van der Waals surface area (Å²) in [4.78, 5) is 29.6. The van der Waals surface area contributed by atoms with Gasteiger partial charge in [0.2, 0.25) is 0 Å². The third-order valence-electron chi connectivity index (χ3n) is 5.55. The molecule has 1 saturated carbocycles. The topological polar surface area (TPSA) is 81.9 Å². The smallest absolute Gasteiger partial charge is 0.266 e. The Bertz CT molecular complexity index is 925.